The van der Waals surface area contributed by atoms with Crippen LogP contribution in [0.5, 0.6) is 0 Å². The highest BCUT2D eigenvalue weighted by Crippen LogP contribution is 2.14. The highest BCUT2D eigenvalue weighted by Gasteiger charge is 2.16. The molecule has 0 aromatic carbocycles. The molecule has 0 aliphatic carbocycles. The van der Waals surface area contributed by atoms with Crippen LogP contribution in [0.3, 0.4) is 0 Å². The highest BCUT2D eigenvalue weighted by molar-refractivity contribution is 6.22. The van der Waals surface area contributed by atoms with Gasteiger partial charge in [0.25, 0.3) is 0 Å². The topological polar surface area (TPSA) is 26.3 Å². The maximum absolute atomic E-state index is 10.5. The lowest BCUT2D eigenvalue weighted by Gasteiger charge is -2.15. The van der Waals surface area contributed by atoms with Crippen molar-refractivity contribution in [1.29, 1.82) is 0 Å². The first-order valence-corrected chi connectivity index (χ1v) is 3.24. The monoisotopic (exact) mass is 150 g/mol. The molecule has 9 heavy (non-hydrogen) atoms. The normalized spacial score (nSPS) is 11.1. The van der Waals surface area contributed by atoms with Crippen LogP contribution in [-0.4, -0.2) is 11.0 Å². The van der Waals surface area contributed by atoms with E-state index in [4.69, 9.17) is 16.3 Å². The summed E-state index contributed by atoms with van der Waals surface area (Å²) < 4.78 is 4.71. The van der Waals surface area contributed by atoms with Crippen molar-refractivity contribution in [3.05, 3.63) is 0 Å². The van der Waals surface area contributed by atoms with Crippen LogP contribution in [-0.2, 0) is 9.53 Å². The average Bonchev–Trinajstić information content (AvgIpc) is 1.62. The summed E-state index contributed by atoms with van der Waals surface area (Å²) in [5.74, 6) is -0.269. The lowest BCUT2D eigenvalue weighted by molar-refractivity contribution is -0.149. The third-order valence-corrected chi connectivity index (χ3v) is 0.722. The van der Waals surface area contributed by atoms with Gasteiger partial charge in [0.1, 0.15) is 0 Å². The minimum absolute atomic E-state index is 0.269. The van der Waals surface area contributed by atoms with Crippen molar-refractivity contribution in [1.82, 2.24) is 0 Å². The van der Waals surface area contributed by atoms with E-state index in [-0.39, 0.29) is 5.97 Å². The maximum Gasteiger partial charge on any atom is 0.307 e. The second-order valence-corrected chi connectivity index (χ2v) is 3.10. The molecular weight excluding hydrogens is 140 g/mol. The van der Waals surface area contributed by atoms with E-state index in [2.05, 4.69) is 0 Å². The van der Waals surface area contributed by atoms with Gasteiger partial charge in [-0.25, -0.2) is 0 Å². The number of carbonyl (C=O) groups is 1. The fourth-order valence-electron chi connectivity index (χ4n) is 0.343. The zero-order chi connectivity index (χ0) is 7.49. The molecule has 0 aromatic rings. The minimum Gasteiger partial charge on any atom is -0.444 e. The molecule has 0 fully saturated rings. The van der Waals surface area contributed by atoms with Crippen molar-refractivity contribution in [3.8, 4) is 0 Å². The number of halogens is 1. The average molecular weight is 151 g/mol. The number of ether oxygens (including phenoxy) is 1. The van der Waals surface area contributed by atoms with E-state index in [1.54, 1.807) is 20.8 Å². The summed E-state index contributed by atoms with van der Waals surface area (Å²) in [6.07, 6.45) is 0.371. The predicted molar refractivity (Wildman–Crippen MR) is 36.3 cm³/mol. The summed E-state index contributed by atoms with van der Waals surface area (Å²) in [6.45, 7) is 4.98. The Morgan fingerprint density at radius 1 is 1.67 bits per heavy atom. The first kappa shape index (κ1) is 8.76. The second kappa shape index (κ2) is 3.06. The Morgan fingerprint density at radius 2 is 2.11 bits per heavy atom. The van der Waals surface area contributed by atoms with Crippen LogP contribution in [0.2, 0.25) is 0 Å². The van der Waals surface area contributed by atoms with E-state index in [1.807, 2.05) is 0 Å². The van der Waals surface area contributed by atoms with Crippen LogP contribution in [0.25, 0.3) is 0 Å². The summed E-state index contributed by atoms with van der Waals surface area (Å²) in [4.78, 5) is 10.5. The summed E-state index contributed by atoms with van der Waals surface area (Å²) in [5.41, 5.74) is 0. The zero-order valence-corrected chi connectivity index (χ0v) is 6.66. The van der Waals surface area contributed by atoms with Gasteiger partial charge in [-0.15, -0.1) is 0 Å². The van der Waals surface area contributed by atoms with Crippen LogP contribution in [0.1, 0.15) is 27.2 Å². The van der Waals surface area contributed by atoms with Gasteiger partial charge in [0.05, 0.1) is 0 Å². The molecule has 0 N–H and O–H groups in total. The number of hydrogen-bond acceptors (Lipinski definition) is 2. The molecule has 0 aliphatic rings. The Hall–Kier alpha value is -0.240. The third-order valence-electron chi connectivity index (χ3n) is 0.645. The predicted octanol–water partition coefficient (Wildman–Crippen LogP) is 1.91. The van der Waals surface area contributed by atoms with E-state index < -0.39 is 5.06 Å². The van der Waals surface area contributed by atoms with Crippen molar-refractivity contribution < 1.29 is 9.53 Å². The number of esters is 1. The molecule has 0 spiro atoms. The third kappa shape index (κ3) is 5.63. The van der Waals surface area contributed by atoms with Crippen molar-refractivity contribution in [2.45, 2.75) is 32.3 Å². The summed E-state index contributed by atoms with van der Waals surface area (Å²) in [7, 11) is 0. The van der Waals surface area contributed by atoms with Crippen LogP contribution < -0.4 is 0 Å². The summed E-state index contributed by atoms with van der Waals surface area (Å²) >= 11 is 5.56. The fourth-order valence-corrected chi connectivity index (χ4v) is 0.429. The molecule has 0 bridgehead atoms. The van der Waals surface area contributed by atoms with Crippen molar-refractivity contribution in [2.75, 3.05) is 0 Å². The van der Waals surface area contributed by atoms with Gasteiger partial charge in [0.15, 0.2) is 5.06 Å². The van der Waals surface area contributed by atoms with Crippen LogP contribution in [0.15, 0.2) is 0 Å². The molecular formula is C6H11ClO2. The molecule has 0 amide bonds. The van der Waals surface area contributed by atoms with Gasteiger partial charge in [-0.2, -0.15) is 0 Å². The first-order chi connectivity index (χ1) is 3.95. The zero-order valence-electron chi connectivity index (χ0n) is 5.90. The lowest BCUT2D eigenvalue weighted by atomic mass is 10.4. The Balaban J connectivity index is 3.60. The Kier molecular flexibility index (Phi) is 2.98. The Bertz CT molecular complexity index is 104. The molecule has 2 nitrogen and oxygen atoms in total. The van der Waals surface area contributed by atoms with Gasteiger partial charge in [-0.1, -0.05) is 18.5 Å². The largest absolute Gasteiger partial charge is 0.444 e. The lowest BCUT2D eigenvalue weighted by Crippen LogP contribution is -2.20. The number of rotatable bonds is 2. The molecule has 0 unspecified atom stereocenters. The second-order valence-electron chi connectivity index (χ2n) is 2.19. The molecule has 0 saturated carbocycles. The van der Waals surface area contributed by atoms with Crippen LogP contribution in [0, 0.1) is 0 Å². The van der Waals surface area contributed by atoms with Crippen molar-refractivity contribution in [2.24, 2.45) is 0 Å². The summed E-state index contributed by atoms with van der Waals surface area (Å²) in [5, 5.41) is -0.854. The Labute approximate surface area is 60.1 Å². The van der Waals surface area contributed by atoms with Gasteiger partial charge >= 0.3 is 5.97 Å². The molecule has 0 atom stereocenters. The van der Waals surface area contributed by atoms with E-state index in [0.717, 1.165) is 0 Å². The number of carbonyl (C=O) groups excluding carboxylic acids is 1. The van der Waals surface area contributed by atoms with Crippen molar-refractivity contribution in [3.63, 3.8) is 0 Å². The van der Waals surface area contributed by atoms with Gasteiger partial charge in [-0.05, 0) is 13.8 Å². The number of hydrogen-bond donors (Lipinski definition) is 0. The fraction of sp³-hybridized carbons (Fsp3) is 0.833. The SMILES string of the molecule is CCC(=O)OC(C)(C)Cl. The standard InChI is InChI=1S/C6H11ClO2/c1-4-5(8)9-6(2,3)7/h4H2,1-3H3. The highest BCUT2D eigenvalue weighted by atomic mass is 35.5. The van der Waals surface area contributed by atoms with Gasteiger partial charge in [0.2, 0.25) is 0 Å². The molecule has 0 radical (unpaired) electrons. The number of alkyl halides is 1. The molecule has 0 rings (SSSR count). The molecule has 0 aromatic heterocycles. The quantitative estimate of drug-likeness (QED) is 0.444. The van der Waals surface area contributed by atoms with Gasteiger partial charge < -0.3 is 4.74 Å². The van der Waals surface area contributed by atoms with Gasteiger partial charge in [-0.3, -0.25) is 4.79 Å². The van der Waals surface area contributed by atoms with Crippen LogP contribution in [0.4, 0.5) is 0 Å². The minimum atomic E-state index is -0.854. The first-order valence-electron chi connectivity index (χ1n) is 2.86. The smallest absolute Gasteiger partial charge is 0.307 e. The van der Waals surface area contributed by atoms with E-state index in [1.165, 1.54) is 0 Å². The van der Waals surface area contributed by atoms with E-state index in [9.17, 15) is 4.79 Å². The van der Waals surface area contributed by atoms with E-state index >= 15 is 0 Å². The Morgan fingerprint density at radius 3 is 2.22 bits per heavy atom. The molecule has 3 heteroatoms. The maximum atomic E-state index is 10.5. The molecule has 0 saturated heterocycles. The van der Waals surface area contributed by atoms with Crippen LogP contribution >= 0.6 is 11.6 Å². The van der Waals surface area contributed by atoms with Crippen molar-refractivity contribution >= 4 is 17.6 Å². The van der Waals surface area contributed by atoms with Gasteiger partial charge in [0, 0.05) is 6.42 Å². The molecule has 0 aliphatic heterocycles. The summed E-state index contributed by atoms with van der Waals surface area (Å²) in [6, 6.07) is 0. The molecule has 54 valence electrons. The van der Waals surface area contributed by atoms with E-state index in [0.29, 0.717) is 6.42 Å². The molecule has 0 heterocycles.